The lowest BCUT2D eigenvalue weighted by molar-refractivity contribution is -0.145. The largest absolute Gasteiger partial charge is 0.461 e. The molecule has 3 amide bonds. The summed E-state index contributed by atoms with van der Waals surface area (Å²) in [7, 11) is 0. The van der Waals surface area contributed by atoms with Crippen LogP contribution in [0.1, 0.15) is 26.2 Å². The molecule has 1 aliphatic heterocycles. The molecule has 1 saturated carbocycles. The van der Waals surface area contributed by atoms with Crippen molar-refractivity contribution in [3.8, 4) is 0 Å². The summed E-state index contributed by atoms with van der Waals surface area (Å²) in [6.45, 7) is 1.45. The zero-order valence-corrected chi connectivity index (χ0v) is 14.3. The van der Waals surface area contributed by atoms with E-state index in [0.717, 1.165) is 12.8 Å². The highest BCUT2D eigenvalue weighted by molar-refractivity contribution is 5.88. The van der Waals surface area contributed by atoms with E-state index in [4.69, 9.17) is 4.74 Å². The van der Waals surface area contributed by atoms with Gasteiger partial charge in [0.05, 0.1) is 12.2 Å². The Labute approximate surface area is 150 Å². The van der Waals surface area contributed by atoms with Crippen molar-refractivity contribution >= 4 is 23.6 Å². The first-order valence-electron chi connectivity index (χ1n) is 8.48. The molecule has 0 radical (unpaired) electrons. The molecule has 1 heterocycles. The summed E-state index contributed by atoms with van der Waals surface area (Å²) in [5, 5.41) is 2.84. The first kappa shape index (κ1) is 18.0. The average Bonchev–Trinajstić information content (AvgIpc) is 3.30. The molecular formula is C17H21FN4O4. The fourth-order valence-electron chi connectivity index (χ4n) is 2.83. The lowest BCUT2D eigenvalue weighted by Crippen LogP contribution is -2.51. The van der Waals surface area contributed by atoms with Crippen molar-refractivity contribution in [2.24, 2.45) is 0 Å². The van der Waals surface area contributed by atoms with Gasteiger partial charge in [0.25, 0.3) is 5.91 Å². The number of carbonyl (C=O) groups excluding carboxylic acids is 3. The SMILES string of the molecule is CC(=O)OC1CC(C(=O)NNc2ccc(F)cc2)N(C(=O)NC2CC2)C1. The standard InChI is InChI=1S/C17H21FN4O4/c1-10(23)26-14-8-15(22(9-14)17(25)19-12-6-7-12)16(24)21-20-13-4-2-11(18)3-5-13/h2-5,12,14-15,20H,6-9H2,1H3,(H,19,25)(H,21,24). The number of halogens is 1. The van der Waals surface area contributed by atoms with Gasteiger partial charge in [0, 0.05) is 19.4 Å². The average molecular weight is 364 g/mol. The van der Waals surface area contributed by atoms with Crippen LogP contribution in [-0.4, -0.2) is 47.5 Å². The zero-order valence-electron chi connectivity index (χ0n) is 14.3. The molecule has 0 bridgehead atoms. The maximum absolute atomic E-state index is 12.9. The number of urea groups is 1. The van der Waals surface area contributed by atoms with Gasteiger partial charge in [0.2, 0.25) is 0 Å². The Morgan fingerprint density at radius 3 is 2.50 bits per heavy atom. The summed E-state index contributed by atoms with van der Waals surface area (Å²) in [5.74, 6) is -1.28. The summed E-state index contributed by atoms with van der Waals surface area (Å²) in [4.78, 5) is 37.5. The number of rotatable bonds is 5. The first-order chi connectivity index (χ1) is 12.4. The van der Waals surface area contributed by atoms with Gasteiger partial charge < -0.3 is 15.0 Å². The molecule has 8 nitrogen and oxygen atoms in total. The maximum atomic E-state index is 12.9. The number of ether oxygens (including phenoxy) is 1. The van der Waals surface area contributed by atoms with Gasteiger partial charge in [0.15, 0.2) is 0 Å². The normalized spacial score (nSPS) is 21.8. The van der Waals surface area contributed by atoms with Crippen LogP contribution in [0.5, 0.6) is 0 Å². The third kappa shape index (κ3) is 4.62. The fraction of sp³-hybridized carbons (Fsp3) is 0.471. The van der Waals surface area contributed by atoms with Crippen LogP contribution >= 0.6 is 0 Å². The van der Waals surface area contributed by atoms with Gasteiger partial charge in [-0.05, 0) is 37.1 Å². The Bertz CT molecular complexity index is 693. The first-order valence-corrected chi connectivity index (χ1v) is 8.48. The third-order valence-corrected chi connectivity index (χ3v) is 4.24. The lowest BCUT2D eigenvalue weighted by atomic mass is 10.2. The van der Waals surface area contributed by atoms with Crippen LogP contribution in [0.3, 0.4) is 0 Å². The van der Waals surface area contributed by atoms with Crippen LogP contribution in [0, 0.1) is 5.82 Å². The number of hydrazine groups is 1. The van der Waals surface area contributed by atoms with Crippen molar-refractivity contribution in [3.63, 3.8) is 0 Å². The monoisotopic (exact) mass is 364 g/mol. The van der Waals surface area contributed by atoms with Gasteiger partial charge in [-0.15, -0.1) is 0 Å². The van der Waals surface area contributed by atoms with Gasteiger partial charge >= 0.3 is 12.0 Å². The van der Waals surface area contributed by atoms with Crippen LogP contribution in [0.2, 0.25) is 0 Å². The van der Waals surface area contributed by atoms with Crippen LogP contribution in [0.15, 0.2) is 24.3 Å². The molecule has 2 fully saturated rings. The van der Waals surface area contributed by atoms with Crippen LogP contribution in [-0.2, 0) is 14.3 Å². The fourth-order valence-corrected chi connectivity index (χ4v) is 2.83. The van der Waals surface area contributed by atoms with E-state index in [0.29, 0.717) is 5.69 Å². The molecule has 3 rings (SSSR count). The number of benzene rings is 1. The molecule has 2 aliphatic rings. The van der Waals surface area contributed by atoms with Crippen molar-refractivity contribution < 1.29 is 23.5 Å². The molecule has 0 spiro atoms. The number of hydrogen-bond donors (Lipinski definition) is 3. The molecule has 0 aromatic heterocycles. The highest BCUT2D eigenvalue weighted by atomic mass is 19.1. The second-order valence-corrected chi connectivity index (χ2v) is 6.48. The quantitative estimate of drug-likeness (QED) is 0.538. The minimum absolute atomic E-state index is 0.149. The van der Waals surface area contributed by atoms with E-state index in [1.54, 1.807) is 0 Å². The molecule has 9 heteroatoms. The second kappa shape index (κ2) is 7.59. The van der Waals surface area contributed by atoms with Crippen LogP contribution < -0.4 is 16.2 Å². The highest BCUT2D eigenvalue weighted by Gasteiger charge is 2.42. The number of carbonyl (C=O) groups is 3. The summed E-state index contributed by atoms with van der Waals surface area (Å²) in [5.41, 5.74) is 5.70. The predicted molar refractivity (Wildman–Crippen MR) is 90.4 cm³/mol. The van der Waals surface area contributed by atoms with Crippen LogP contribution in [0.25, 0.3) is 0 Å². The second-order valence-electron chi connectivity index (χ2n) is 6.48. The summed E-state index contributed by atoms with van der Waals surface area (Å²) in [6.07, 6.45) is 1.54. The van der Waals surface area contributed by atoms with E-state index in [1.807, 2.05) is 0 Å². The van der Waals surface area contributed by atoms with Gasteiger partial charge in [-0.2, -0.15) is 0 Å². The minimum atomic E-state index is -0.772. The van der Waals surface area contributed by atoms with Crippen LogP contribution in [0.4, 0.5) is 14.9 Å². The molecule has 1 aromatic rings. The number of anilines is 1. The van der Waals surface area contributed by atoms with Gasteiger partial charge in [-0.3, -0.25) is 20.4 Å². The lowest BCUT2D eigenvalue weighted by Gasteiger charge is -2.24. The van der Waals surface area contributed by atoms with E-state index in [1.165, 1.54) is 36.1 Å². The molecule has 2 unspecified atom stereocenters. The van der Waals surface area contributed by atoms with E-state index >= 15 is 0 Å². The number of likely N-dealkylation sites (tertiary alicyclic amines) is 1. The molecular weight excluding hydrogens is 343 g/mol. The topological polar surface area (TPSA) is 99.8 Å². The smallest absolute Gasteiger partial charge is 0.318 e. The Morgan fingerprint density at radius 1 is 1.19 bits per heavy atom. The molecule has 26 heavy (non-hydrogen) atoms. The molecule has 1 aromatic carbocycles. The third-order valence-electron chi connectivity index (χ3n) is 4.24. The van der Waals surface area contributed by atoms with Gasteiger partial charge in [-0.25, -0.2) is 9.18 Å². The maximum Gasteiger partial charge on any atom is 0.318 e. The van der Waals surface area contributed by atoms with Crippen molar-refractivity contribution in [1.29, 1.82) is 0 Å². The summed E-state index contributed by atoms with van der Waals surface area (Å²) in [6, 6.07) is 4.51. The van der Waals surface area contributed by atoms with E-state index in [-0.39, 0.29) is 30.9 Å². The van der Waals surface area contributed by atoms with E-state index in [2.05, 4.69) is 16.2 Å². The number of amides is 3. The Balaban J connectivity index is 1.62. The van der Waals surface area contributed by atoms with Crippen molar-refractivity contribution in [2.75, 3.05) is 12.0 Å². The number of esters is 1. The molecule has 1 aliphatic carbocycles. The van der Waals surface area contributed by atoms with E-state index in [9.17, 15) is 18.8 Å². The van der Waals surface area contributed by atoms with Crippen molar-refractivity contribution in [1.82, 2.24) is 15.6 Å². The molecule has 140 valence electrons. The Morgan fingerprint density at radius 2 is 1.88 bits per heavy atom. The van der Waals surface area contributed by atoms with Crippen molar-refractivity contribution in [2.45, 2.75) is 44.4 Å². The predicted octanol–water partition coefficient (Wildman–Crippen LogP) is 1.15. The highest BCUT2D eigenvalue weighted by Crippen LogP contribution is 2.24. The number of hydrogen-bond acceptors (Lipinski definition) is 5. The summed E-state index contributed by atoms with van der Waals surface area (Å²) >= 11 is 0. The van der Waals surface area contributed by atoms with E-state index < -0.39 is 24.0 Å². The zero-order chi connectivity index (χ0) is 18.7. The molecule has 3 N–H and O–H groups in total. The Hall–Kier alpha value is -2.84. The van der Waals surface area contributed by atoms with Gasteiger partial charge in [0.1, 0.15) is 18.0 Å². The Kier molecular flexibility index (Phi) is 5.24. The number of nitrogens with one attached hydrogen (secondary N) is 3. The summed E-state index contributed by atoms with van der Waals surface area (Å²) < 4.78 is 18.1. The van der Waals surface area contributed by atoms with Crippen molar-refractivity contribution in [3.05, 3.63) is 30.1 Å². The minimum Gasteiger partial charge on any atom is -0.461 e. The van der Waals surface area contributed by atoms with Gasteiger partial charge in [-0.1, -0.05) is 0 Å². The number of nitrogens with zero attached hydrogens (tertiary/aromatic N) is 1. The molecule has 1 saturated heterocycles. The molecule has 2 atom stereocenters.